The lowest BCUT2D eigenvalue weighted by atomic mass is 10.2. The Bertz CT molecular complexity index is 1720. The van der Waals surface area contributed by atoms with E-state index in [0.717, 1.165) is 27.2 Å². The average Bonchev–Trinajstić information content (AvgIpc) is 3.19. The van der Waals surface area contributed by atoms with E-state index in [1.807, 2.05) is 32.2 Å². The minimum absolute atomic E-state index is 0.0628. The van der Waals surface area contributed by atoms with E-state index in [4.69, 9.17) is 9.88 Å². The maximum atomic E-state index is 13.3. The Kier molecular flexibility index (Phi) is 7.75. The van der Waals surface area contributed by atoms with Crippen molar-refractivity contribution >= 4 is 56.1 Å². The highest BCUT2D eigenvalue weighted by molar-refractivity contribution is 7.89. The molecule has 1 amide bonds. The molecule has 2 aromatic carbocycles. The lowest BCUT2D eigenvalue weighted by Crippen LogP contribution is -2.31. The fraction of sp³-hybridized carbons (Fsp3) is 0.269. The number of aliphatic carboxylic acids is 1. The predicted molar refractivity (Wildman–Crippen MR) is 148 cm³/mol. The van der Waals surface area contributed by atoms with E-state index in [9.17, 15) is 23.1 Å². The molecule has 0 radical (unpaired) electrons. The van der Waals surface area contributed by atoms with Crippen molar-refractivity contribution in [3.05, 3.63) is 59.9 Å². The molecule has 0 saturated heterocycles. The molecule has 13 nitrogen and oxygen atoms in total. The molecule has 0 aliphatic heterocycles. The number of carboxylic acid groups (broad SMARTS) is 1. The van der Waals surface area contributed by atoms with E-state index in [0.29, 0.717) is 11.4 Å². The van der Waals surface area contributed by atoms with E-state index < -0.39 is 34.6 Å². The third kappa shape index (κ3) is 5.72. The second kappa shape index (κ2) is 10.9. The minimum Gasteiger partial charge on any atom is -0.481 e. The second-order valence-corrected chi connectivity index (χ2v) is 10.9. The zero-order valence-corrected chi connectivity index (χ0v) is 23.4. The van der Waals surface area contributed by atoms with Crippen molar-refractivity contribution in [3.8, 4) is 0 Å². The van der Waals surface area contributed by atoms with E-state index in [1.165, 1.54) is 31.3 Å². The Hall–Kier alpha value is -4.56. The van der Waals surface area contributed by atoms with Crippen molar-refractivity contribution in [1.29, 1.82) is 0 Å². The highest BCUT2D eigenvalue weighted by atomic mass is 32.2. The van der Waals surface area contributed by atoms with Crippen molar-refractivity contribution in [2.45, 2.75) is 25.7 Å². The van der Waals surface area contributed by atoms with Crippen LogP contribution in [-0.2, 0) is 26.6 Å². The number of rotatable bonds is 8. The lowest BCUT2D eigenvalue weighted by Gasteiger charge is -2.24. The molecule has 0 aliphatic rings. The number of carboxylic acids is 1. The first-order valence-corrected chi connectivity index (χ1v) is 13.7. The Morgan fingerprint density at radius 1 is 1.12 bits per heavy atom. The molecule has 14 heteroatoms. The number of hydrogen-bond acceptors (Lipinski definition) is 9. The lowest BCUT2D eigenvalue weighted by molar-refractivity contribution is -0.142. The number of amides is 1. The van der Waals surface area contributed by atoms with Gasteiger partial charge in [-0.2, -0.15) is 10.1 Å². The van der Waals surface area contributed by atoms with Gasteiger partial charge in [0.05, 0.1) is 22.0 Å². The molecule has 4 aromatic rings. The zero-order valence-electron chi connectivity index (χ0n) is 22.6. The highest BCUT2D eigenvalue weighted by Crippen LogP contribution is 2.31. The Morgan fingerprint density at radius 3 is 2.50 bits per heavy atom. The molecule has 2 aromatic heterocycles. The maximum absolute atomic E-state index is 13.3. The molecule has 2 heterocycles. The zero-order chi connectivity index (χ0) is 29.4. The molecule has 0 bridgehead atoms. The molecule has 40 heavy (non-hydrogen) atoms. The smallest absolute Gasteiger partial charge is 0.421 e. The average molecular weight is 568 g/mol. The van der Waals surface area contributed by atoms with E-state index in [1.54, 1.807) is 29.6 Å². The van der Waals surface area contributed by atoms with Crippen LogP contribution in [0.5, 0.6) is 0 Å². The summed E-state index contributed by atoms with van der Waals surface area (Å²) in [6.07, 6.45) is 0.439. The van der Waals surface area contributed by atoms with Gasteiger partial charge in [-0.25, -0.2) is 28.2 Å². The summed E-state index contributed by atoms with van der Waals surface area (Å²) in [4.78, 5) is 35.8. The highest BCUT2D eigenvalue weighted by Gasteiger charge is 2.27. The van der Waals surface area contributed by atoms with Crippen molar-refractivity contribution in [2.75, 3.05) is 23.5 Å². The Morgan fingerprint density at radius 2 is 1.82 bits per heavy atom. The third-order valence-electron chi connectivity index (χ3n) is 6.47. The molecule has 0 saturated carbocycles. The van der Waals surface area contributed by atoms with Gasteiger partial charge in [0.15, 0.2) is 0 Å². The van der Waals surface area contributed by atoms with Crippen LogP contribution in [0.25, 0.3) is 10.9 Å². The van der Waals surface area contributed by atoms with Crippen molar-refractivity contribution in [3.63, 3.8) is 0 Å². The SMILES string of the molecule is Cc1ccc(N(C(=O)OC[C@H](C)C(=O)O)c2nccc(N(C)c3ccc4c(C)n(C)nc4c3)n2)cc1S(N)(=O)=O. The molecule has 0 fully saturated rings. The van der Waals surface area contributed by atoms with Crippen LogP contribution in [0.15, 0.2) is 53.6 Å². The summed E-state index contributed by atoms with van der Waals surface area (Å²) in [7, 11) is -0.474. The van der Waals surface area contributed by atoms with Crippen LogP contribution in [0.2, 0.25) is 0 Å². The number of nitrogens with zero attached hydrogens (tertiary/aromatic N) is 6. The van der Waals surface area contributed by atoms with Crippen molar-refractivity contribution in [1.82, 2.24) is 19.7 Å². The maximum Gasteiger partial charge on any atom is 0.421 e. The monoisotopic (exact) mass is 567 g/mol. The first-order chi connectivity index (χ1) is 18.8. The largest absolute Gasteiger partial charge is 0.481 e. The number of nitrogens with two attached hydrogens (primary N) is 1. The molecule has 210 valence electrons. The summed E-state index contributed by atoms with van der Waals surface area (Å²) in [6, 6.07) is 11.6. The molecule has 0 unspecified atom stereocenters. The van der Waals surface area contributed by atoms with Crippen LogP contribution < -0.4 is 14.9 Å². The number of benzene rings is 2. The molecular formula is C26H29N7O6S. The van der Waals surface area contributed by atoms with Crippen LogP contribution in [-0.4, -0.2) is 59.0 Å². The summed E-state index contributed by atoms with van der Waals surface area (Å²) in [5.41, 5.74) is 3.02. The summed E-state index contributed by atoms with van der Waals surface area (Å²) in [6.45, 7) is 4.50. The van der Waals surface area contributed by atoms with E-state index in [-0.39, 0.29) is 16.5 Å². The summed E-state index contributed by atoms with van der Waals surface area (Å²) in [5.74, 6) is -1.85. The number of aryl methyl sites for hydroxylation is 3. The van der Waals surface area contributed by atoms with E-state index in [2.05, 4.69) is 15.1 Å². The van der Waals surface area contributed by atoms with Gasteiger partial charge in [0, 0.05) is 37.1 Å². The Labute approximate surface area is 230 Å². The van der Waals surface area contributed by atoms with Gasteiger partial charge in [0.2, 0.25) is 16.0 Å². The summed E-state index contributed by atoms with van der Waals surface area (Å²) in [5, 5.41) is 20.1. The predicted octanol–water partition coefficient (Wildman–Crippen LogP) is 3.39. The van der Waals surface area contributed by atoms with Gasteiger partial charge in [-0.15, -0.1) is 0 Å². The number of hydrogen-bond donors (Lipinski definition) is 2. The number of anilines is 4. The normalized spacial score (nSPS) is 12.2. The quantitative estimate of drug-likeness (QED) is 0.321. The van der Waals surface area contributed by atoms with Gasteiger partial charge >= 0.3 is 12.1 Å². The Balaban J connectivity index is 1.76. The van der Waals surface area contributed by atoms with Crippen LogP contribution in [0.4, 0.5) is 27.9 Å². The van der Waals surface area contributed by atoms with Crippen LogP contribution in [0.1, 0.15) is 18.2 Å². The minimum atomic E-state index is -4.12. The standard InChI is InChI=1S/C26H29N7O6S/c1-15-6-7-19(13-22(15)40(27,37)38)33(26(36)39-14-16(2)24(34)35)25-28-11-10-23(29-25)31(4)18-8-9-20-17(3)32(5)30-21(20)12-18/h6-13,16H,14H2,1-5H3,(H,34,35)(H2,27,37,38)/t16-/m0/s1. The number of ether oxygens (including phenoxy) is 1. The van der Waals surface area contributed by atoms with Crippen molar-refractivity contribution < 1.29 is 27.9 Å². The fourth-order valence-corrected chi connectivity index (χ4v) is 4.77. The number of primary sulfonamides is 1. The van der Waals surface area contributed by atoms with Gasteiger partial charge in [0.25, 0.3) is 0 Å². The second-order valence-electron chi connectivity index (χ2n) is 9.33. The number of sulfonamides is 1. The molecule has 4 rings (SSSR count). The van der Waals surface area contributed by atoms with Crippen molar-refractivity contribution in [2.24, 2.45) is 18.1 Å². The molecule has 3 N–H and O–H groups in total. The van der Waals surface area contributed by atoms with Gasteiger partial charge < -0.3 is 14.7 Å². The van der Waals surface area contributed by atoms with Gasteiger partial charge in [0.1, 0.15) is 12.4 Å². The summed E-state index contributed by atoms with van der Waals surface area (Å²) < 4.78 is 31.4. The topological polar surface area (TPSA) is 174 Å². The third-order valence-corrected chi connectivity index (χ3v) is 7.52. The first kappa shape index (κ1) is 28.4. The number of carbonyl (C=O) groups is 2. The van der Waals surface area contributed by atoms with Gasteiger partial charge in [-0.05, 0) is 62.7 Å². The fourth-order valence-electron chi connectivity index (χ4n) is 3.96. The number of aromatic nitrogens is 4. The molecule has 1 atom stereocenters. The first-order valence-electron chi connectivity index (χ1n) is 12.1. The van der Waals surface area contributed by atoms with Gasteiger partial charge in [-0.1, -0.05) is 6.07 Å². The van der Waals surface area contributed by atoms with Gasteiger partial charge in [-0.3, -0.25) is 9.48 Å². The van der Waals surface area contributed by atoms with Crippen LogP contribution in [0, 0.1) is 19.8 Å². The van der Waals surface area contributed by atoms with E-state index >= 15 is 0 Å². The number of fused-ring (bicyclic) bond motifs is 1. The number of carbonyl (C=O) groups excluding carboxylic acids is 1. The molecule has 0 spiro atoms. The van der Waals surface area contributed by atoms with Crippen LogP contribution in [0.3, 0.4) is 0 Å². The molecule has 0 aliphatic carbocycles. The van der Waals surface area contributed by atoms with Crippen LogP contribution >= 0.6 is 0 Å². The molecular weight excluding hydrogens is 538 g/mol. The summed E-state index contributed by atoms with van der Waals surface area (Å²) >= 11 is 0.